The molecule has 0 bridgehead atoms. The normalized spacial score (nSPS) is 23.5. The Morgan fingerprint density at radius 2 is 1.75 bits per heavy atom. The van der Waals surface area contributed by atoms with Crippen molar-refractivity contribution in [2.24, 2.45) is 5.73 Å². The first-order chi connectivity index (χ1) is 9.31. The molecule has 2 unspecified atom stereocenters. The molecule has 0 spiro atoms. The van der Waals surface area contributed by atoms with Gasteiger partial charge in [0.2, 0.25) is 0 Å². The van der Waals surface area contributed by atoms with Gasteiger partial charge in [-0.15, -0.1) is 0 Å². The predicted octanol–water partition coefficient (Wildman–Crippen LogP) is 2.41. The molecule has 3 nitrogen and oxygen atoms in total. The Balaban J connectivity index is 2.23. The van der Waals surface area contributed by atoms with E-state index in [0.29, 0.717) is 6.04 Å². The number of benzene rings is 1. The molecule has 1 fully saturated rings. The molecule has 0 radical (unpaired) electrons. The van der Waals surface area contributed by atoms with Crippen molar-refractivity contribution in [3.8, 4) is 0 Å². The van der Waals surface area contributed by atoms with E-state index >= 15 is 0 Å². The Labute approximate surface area is 123 Å². The highest BCUT2D eigenvalue weighted by Crippen LogP contribution is 2.29. The average molecular weight is 275 g/mol. The Morgan fingerprint density at radius 1 is 1.15 bits per heavy atom. The summed E-state index contributed by atoms with van der Waals surface area (Å²) in [7, 11) is 2.21. The molecule has 112 valence electrons. The van der Waals surface area contributed by atoms with Crippen LogP contribution in [-0.4, -0.2) is 48.1 Å². The zero-order valence-electron chi connectivity index (χ0n) is 13.6. The lowest BCUT2D eigenvalue weighted by molar-refractivity contribution is 0.0112. The molecule has 1 aromatic carbocycles. The summed E-state index contributed by atoms with van der Waals surface area (Å²) >= 11 is 0. The van der Waals surface area contributed by atoms with E-state index in [2.05, 4.69) is 68.8 Å². The summed E-state index contributed by atoms with van der Waals surface area (Å²) in [5, 5.41) is 0. The zero-order chi connectivity index (χ0) is 14.9. The summed E-state index contributed by atoms with van der Waals surface area (Å²) in [5.41, 5.74) is 9.15. The molecule has 1 aliphatic rings. The van der Waals surface area contributed by atoms with Crippen molar-refractivity contribution >= 4 is 0 Å². The standard InChI is InChI=1S/C17H29N3/c1-13-6-8-15(9-7-13)16(14(2)18)20-11-10-19(5)17(3,4)12-20/h6-9,14,16H,10-12,18H2,1-5H3. The number of rotatable bonds is 3. The molecule has 0 saturated carbocycles. The fourth-order valence-electron chi connectivity index (χ4n) is 3.13. The Kier molecular flexibility index (Phi) is 4.52. The van der Waals surface area contributed by atoms with Crippen LogP contribution in [0.25, 0.3) is 0 Å². The van der Waals surface area contributed by atoms with Gasteiger partial charge in [0.25, 0.3) is 0 Å². The van der Waals surface area contributed by atoms with E-state index in [4.69, 9.17) is 5.73 Å². The maximum absolute atomic E-state index is 6.31. The lowest BCUT2D eigenvalue weighted by Crippen LogP contribution is -2.59. The van der Waals surface area contributed by atoms with Crippen LogP contribution >= 0.6 is 0 Å². The number of nitrogens with zero attached hydrogens (tertiary/aromatic N) is 2. The van der Waals surface area contributed by atoms with Gasteiger partial charge in [-0.1, -0.05) is 29.8 Å². The number of piperazine rings is 1. The molecule has 3 heteroatoms. The van der Waals surface area contributed by atoms with Crippen LogP contribution < -0.4 is 5.73 Å². The van der Waals surface area contributed by atoms with Crippen LogP contribution in [0.2, 0.25) is 0 Å². The van der Waals surface area contributed by atoms with Crippen LogP contribution in [0, 0.1) is 6.92 Å². The van der Waals surface area contributed by atoms with Crippen LogP contribution in [0.5, 0.6) is 0 Å². The predicted molar refractivity (Wildman–Crippen MR) is 85.9 cm³/mol. The van der Waals surface area contributed by atoms with Gasteiger partial charge in [-0.05, 0) is 40.3 Å². The summed E-state index contributed by atoms with van der Waals surface area (Å²) in [4.78, 5) is 4.99. The van der Waals surface area contributed by atoms with Gasteiger partial charge in [0.15, 0.2) is 0 Å². The summed E-state index contributed by atoms with van der Waals surface area (Å²) in [6, 6.07) is 9.28. The average Bonchev–Trinajstić information content (AvgIpc) is 2.36. The minimum Gasteiger partial charge on any atom is -0.326 e. The van der Waals surface area contributed by atoms with Crippen LogP contribution in [0.1, 0.15) is 37.9 Å². The molecule has 2 N–H and O–H groups in total. The molecule has 0 aliphatic carbocycles. The lowest BCUT2D eigenvalue weighted by atomic mass is 9.93. The van der Waals surface area contributed by atoms with Gasteiger partial charge in [-0.2, -0.15) is 0 Å². The lowest BCUT2D eigenvalue weighted by Gasteiger charge is -2.48. The van der Waals surface area contributed by atoms with Gasteiger partial charge in [0.1, 0.15) is 0 Å². The number of hydrogen-bond acceptors (Lipinski definition) is 3. The molecule has 1 aliphatic heterocycles. The van der Waals surface area contributed by atoms with Crippen molar-refractivity contribution in [3.63, 3.8) is 0 Å². The van der Waals surface area contributed by atoms with Crippen molar-refractivity contribution < 1.29 is 0 Å². The maximum Gasteiger partial charge on any atom is 0.0497 e. The van der Waals surface area contributed by atoms with Crippen molar-refractivity contribution in [1.29, 1.82) is 0 Å². The number of aryl methyl sites for hydroxylation is 1. The molecule has 20 heavy (non-hydrogen) atoms. The summed E-state index contributed by atoms with van der Waals surface area (Å²) in [5.74, 6) is 0. The van der Waals surface area contributed by atoms with Crippen molar-refractivity contribution in [2.75, 3.05) is 26.7 Å². The van der Waals surface area contributed by atoms with Crippen molar-refractivity contribution in [3.05, 3.63) is 35.4 Å². The maximum atomic E-state index is 6.31. The Morgan fingerprint density at radius 3 is 2.25 bits per heavy atom. The van der Waals surface area contributed by atoms with Gasteiger partial charge in [0.05, 0.1) is 0 Å². The van der Waals surface area contributed by atoms with Gasteiger partial charge in [0, 0.05) is 37.3 Å². The first-order valence-electron chi connectivity index (χ1n) is 7.59. The van der Waals surface area contributed by atoms with Gasteiger partial charge >= 0.3 is 0 Å². The molecule has 2 atom stereocenters. The third-order valence-electron chi connectivity index (χ3n) is 4.66. The fourth-order valence-corrected chi connectivity index (χ4v) is 3.13. The third-order valence-corrected chi connectivity index (χ3v) is 4.66. The first-order valence-corrected chi connectivity index (χ1v) is 7.59. The van der Waals surface area contributed by atoms with Crippen LogP contribution in [0.3, 0.4) is 0 Å². The molecule has 1 saturated heterocycles. The second-order valence-electron chi connectivity index (χ2n) is 6.92. The zero-order valence-corrected chi connectivity index (χ0v) is 13.6. The van der Waals surface area contributed by atoms with E-state index in [1.54, 1.807) is 0 Å². The van der Waals surface area contributed by atoms with E-state index in [0.717, 1.165) is 19.6 Å². The van der Waals surface area contributed by atoms with Crippen LogP contribution in [-0.2, 0) is 0 Å². The molecule has 2 rings (SSSR count). The van der Waals surface area contributed by atoms with E-state index in [1.165, 1.54) is 11.1 Å². The molecule has 0 amide bonds. The summed E-state index contributed by atoms with van der Waals surface area (Å²) in [6.45, 7) is 12.1. The minimum absolute atomic E-state index is 0.136. The number of likely N-dealkylation sites (N-methyl/N-ethyl adjacent to an activating group) is 1. The van der Waals surface area contributed by atoms with Gasteiger partial charge in [-0.3, -0.25) is 9.80 Å². The van der Waals surface area contributed by atoms with Crippen molar-refractivity contribution in [1.82, 2.24) is 9.80 Å². The van der Waals surface area contributed by atoms with Crippen molar-refractivity contribution in [2.45, 2.75) is 45.3 Å². The summed E-state index contributed by atoms with van der Waals surface area (Å²) < 4.78 is 0. The van der Waals surface area contributed by atoms with Crippen LogP contribution in [0.4, 0.5) is 0 Å². The van der Waals surface area contributed by atoms with E-state index < -0.39 is 0 Å². The van der Waals surface area contributed by atoms with Gasteiger partial charge in [-0.25, -0.2) is 0 Å². The number of hydrogen-bond donors (Lipinski definition) is 1. The number of nitrogens with two attached hydrogens (primary N) is 1. The third kappa shape index (κ3) is 3.22. The highest BCUT2D eigenvalue weighted by atomic mass is 15.3. The largest absolute Gasteiger partial charge is 0.326 e. The highest BCUT2D eigenvalue weighted by molar-refractivity contribution is 5.25. The molecular formula is C17H29N3. The summed E-state index contributed by atoms with van der Waals surface area (Å²) in [6.07, 6.45) is 0. The van der Waals surface area contributed by atoms with E-state index in [-0.39, 0.29) is 11.6 Å². The minimum atomic E-state index is 0.136. The molecule has 1 aromatic rings. The molecule has 1 heterocycles. The molecule has 0 aromatic heterocycles. The smallest absolute Gasteiger partial charge is 0.0497 e. The fraction of sp³-hybridized carbons (Fsp3) is 0.647. The second kappa shape index (κ2) is 5.84. The van der Waals surface area contributed by atoms with Gasteiger partial charge < -0.3 is 5.73 Å². The van der Waals surface area contributed by atoms with E-state index in [9.17, 15) is 0 Å². The molecular weight excluding hydrogens is 246 g/mol. The Hall–Kier alpha value is -0.900. The second-order valence-corrected chi connectivity index (χ2v) is 6.92. The highest BCUT2D eigenvalue weighted by Gasteiger charge is 2.35. The van der Waals surface area contributed by atoms with E-state index in [1.807, 2.05) is 0 Å². The topological polar surface area (TPSA) is 32.5 Å². The monoisotopic (exact) mass is 275 g/mol. The SMILES string of the molecule is Cc1ccc(C(C(C)N)N2CCN(C)C(C)(C)C2)cc1. The first kappa shape index (κ1) is 15.5. The quantitative estimate of drug-likeness (QED) is 0.919. The Bertz CT molecular complexity index is 436. The van der Waals surface area contributed by atoms with Crippen LogP contribution in [0.15, 0.2) is 24.3 Å².